The average Bonchev–Trinajstić information content (AvgIpc) is 3.55. The highest BCUT2D eigenvalue weighted by Gasteiger charge is 2.48. The van der Waals surface area contributed by atoms with Gasteiger partial charge >= 0.3 is 15.4 Å². The molecular weight excluding hydrogens is 676 g/mol. The molecular formula is C24H33N5O16P2. The SMILES string of the molecule is Nc1nc2c(ncn2[C@@H]2O[C@H](COP(=O)(O)OP(=O)(O)CCOC3C(O)[C@@H](O)C(CO)O[C@H]3Oc3ccccc3)C(O)C2O)c(=O)[nH]1. The number of rotatable bonds is 13. The number of hydrogen-bond donors (Lipinski definition) is 9. The molecule has 1 aromatic carbocycles. The van der Waals surface area contributed by atoms with Crippen LogP contribution in [0, 0.1) is 0 Å². The van der Waals surface area contributed by atoms with Crippen LogP contribution in [0.1, 0.15) is 6.23 Å². The van der Waals surface area contributed by atoms with E-state index in [1.807, 2.05) is 0 Å². The van der Waals surface area contributed by atoms with Crippen LogP contribution in [0.25, 0.3) is 11.2 Å². The molecule has 4 heterocycles. The van der Waals surface area contributed by atoms with Gasteiger partial charge in [-0.25, -0.2) is 13.9 Å². The minimum atomic E-state index is -5.31. The molecule has 21 nitrogen and oxygen atoms in total. The van der Waals surface area contributed by atoms with Gasteiger partial charge in [0.25, 0.3) is 5.56 Å². The van der Waals surface area contributed by atoms with Crippen molar-refractivity contribution in [1.82, 2.24) is 19.5 Å². The van der Waals surface area contributed by atoms with Crippen LogP contribution in [0.5, 0.6) is 5.75 Å². The van der Waals surface area contributed by atoms with E-state index in [0.717, 1.165) is 10.9 Å². The maximum atomic E-state index is 12.6. The van der Waals surface area contributed by atoms with Gasteiger partial charge in [-0.3, -0.25) is 23.4 Å². The number of phosphoric acid groups is 1. The first-order chi connectivity index (χ1) is 22.2. The van der Waals surface area contributed by atoms with Crippen molar-refractivity contribution in [3.63, 3.8) is 0 Å². The summed E-state index contributed by atoms with van der Waals surface area (Å²) in [6.07, 6.45) is -13.4. The molecule has 0 amide bonds. The van der Waals surface area contributed by atoms with Gasteiger partial charge < -0.3 is 60.0 Å². The lowest BCUT2D eigenvalue weighted by molar-refractivity contribution is -0.286. The third-order valence-electron chi connectivity index (χ3n) is 7.20. The van der Waals surface area contributed by atoms with Gasteiger partial charge in [-0.15, -0.1) is 0 Å². The number of benzene rings is 1. The number of aliphatic hydroxyl groups is 5. The predicted molar refractivity (Wildman–Crippen MR) is 155 cm³/mol. The summed E-state index contributed by atoms with van der Waals surface area (Å²) >= 11 is 0. The molecule has 0 radical (unpaired) electrons. The largest absolute Gasteiger partial charge is 0.479 e. The van der Waals surface area contributed by atoms with E-state index < -0.39 is 102 Å². The molecule has 2 aliphatic rings. The molecule has 2 fully saturated rings. The Morgan fingerprint density at radius 1 is 1.00 bits per heavy atom. The van der Waals surface area contributed by atoms with Gasteiger partial charge in [-0.1, -0.05) is 18.2 Å². The topological polar surface area (TPSA) is 321 Å². The number of aromatic nitrogens is 4. The zero-order valence-electron chi connectivity index (χ0n) is 24.1. The Labute approximate surface area is 264 Å². The number of aromatic amines is 1. The summed E-state index contributed by atoms with van der Waals surface area (Å²) in [5.74, 6) is 0.0250. The van der Waals surface area contributed by atoms with Gasteiger partial charge in [0.1, 0.15) is 48.5 Å². The Bertz CT molecular complexity index is 1680. The number of imidazole rings is 1. The smallest absolute Gasteiger partial charge is 0.462 e. The number of ether oxygens (including phenoxy) is 4. The lowest BCUT2D eigenvalue weighted by Crippen LogP contribution is -2.61. The number of aliphatic hydroxyl groups excluding tert-OH is 5. The summed E-state index contributed by atoms with van der Waals surface area (Å²) < 4.78 is 57.7. The monoisotopic (exact) mass is 709 g/mol. The van der Waals surface area contributed by atoms with Crippen LogP contribution in [0.2, 0.25) is 0 Å². The van der Waals surface area contributed by atoms with Gasteiger partial charge in [0, 0.05) is 0 Å². The number of hydrogen-bond acceptors (Lipinski definition) is 17. The second-order valence-electron chi connectivity index (χ2n) is 10.5. The second-order valence-corrected chi connectivity index (χ2v) is 14.1. The molecule has 2 saturated heterocycles. The summed E-state index contributed by atoms with van der Waals surface area (Å²) in [6.45, 7) is -2.25. The highest BCUT2D eigenvalue weighted by atomic mass is 31.3. The quantitative estimate of drug-likeness (QED) is 0.0831. The highest BCUT2D eigenvalue weighted by molar-refractivity contribution is 7.64. The molecule has 0 bridgehead atoms. The molecule has 2 aliphatic heterocycles. The van der Waals surface area contributed by atoms with E-state index in [1.54, 1.807) is 30.3 Å². The fraction of sp³-hybridized carbons (Fsp3) is 0.542. The van der Waals surface area contributed by atoms with Crippen molar-refractivity contribution >= 4 is 32.5 Å². The highest BCUT2D eigenvalue weighted by Crippen LogP contribution is 2.60. The Hall–Kier alpha value is -2.85. The third-order valence-corrected chi connectivity index (χ3v) is 10.3. The Kier molecular flexibility index (Phi) is 10.8. The van der Waals surface area contributed by atoms with E-state index in [1.165, 1.54) is 0 Å². The third kappa shape index (κ3) is 8.07. The number of fused-ring (bicyclic) bond motifs is 1. The van der Waals surface area contributed by atoms with E-state index in [-0.39, 0.29) is 22.9 Å². The minimum Gasteiger partial charge on any atom is -0.462 e. The molecule has 47 heavy (non-hydrogen) atoms. The molecule has 0 saturated carbocycles. The molecule has 23 heteroatoms. The van der Waals surface area contributed by atoms with Crippen LogP contribution in [-0.4, -0.2) is 130 Å². The first-order valence-electron chi connectivity index (χ1n) is 13.9. The van der Waals surface area contributed by atoms with E-state index in [4.69, 9.17) is 29.2 Å². The van der Waals surface area contributed by atoms with Crippen molar-refractivity contribution in [1.29, 1.82) is 0 Å². The van der Waals surface area contributed by atoms with Gasteiger partial charge in [0.05, 0.1) is 32.3 Å². The standard InChI is InChI=1S/C24H33N5O16P2/c25-24-27-20-14(21(35)28-24)26-10-29(20)22-18(34)16(32)13(43-22)9-41-47(38,39)45-46(36,37)7-6-40-19-17(33)15(31)12(8-30)44-23(19)42-11-4-2-1-3-5-11/h1-5,10,12-13,15-19,22-23,30-34H,6-9H2,(H,36,37)(H,38,39)(H3,25,27,28,35)/t12?,13-,15+,16?,17?,18?,19?,22-,23-/m1/s1. The minimum absolute atomic E-state index is 0.0864. The van der Waals surface area contributed by atoms with Gasteiger partial charge in [0.2, 0.25) is 12.2 Å². The lowest BCUT2D eigenvalue weighted by atomic mass is 9.99. The van der Waals surface area contributed by atoms with Crippen molar-refractivity contribution in [3.8, 4) is 5.75 Å². The maximum Gasteiger partial charge on any atom is 0.479 e. The predicted octanol–water partition coefficient (Wildman–Crippen LogP) is -2.46. The van der Waals surface area contributed by atoms with Crippen molar-refractivity contribution in [2.75, 3.05) is 31.7 Å². The molecule has 260 valence electrons. The van der Waals surface area contributed by atoms with Crippen LogP contribution in [0.3, 0.4) is 0 Å². The maximum absolute atomic E-state index is 12.6. The Morgan fingerprint density at radius 2 is 1.70 bits per heavy atom. The number of nitrogens with two attached hydrogens (primary N) is 1. The zero-order valence-corrected chi connectivity index (χ0v) is 25.9. The Balaban J connectivity index is 1.16. The summed E-state index contributed by atoms with van der Waals surface area (Å²) in [7, 11) is -10.3. The van der Waals surface area contributed by atoms with Crippen LogP contribution >= 0.6 is 15.4 Å². The molecule has 3 aromatic rings. The number of nitrogen functional groups attached to an aromatic ring is 1. The molecule has 10 N–H and O–H groups in total. The fourth-order valence-electron chi connectivity index (χ4n) is 4.89. The van der Waals surface area contributed by atoms with E-state index >= 15 is 0 Å². The number of H-pyrrole nitrogens is 1. The van der Waals surface area contributed by atoms with E-state index in [2.05, 4.69) is 19.3 Å². The Morgan fingerprint density at radius 3 is 2.40 bits per heavy atom. The molecule has 5 rings (SSSR count). The number of nitrogens with one attached hydrogen (secondary N) is 1. The van der Waals surface area contributed by atoms with Crippen molar-refractivity contribution < 1.29 is 72.2 Å². The zero-order chi connectivity index (χ0) is 34.1. The molecule has 11 atom stereocenters. The van der Waals surface area contributed by atoms with Gasteiger partial charge in [-0.05, 0) is 12.1 Å². The van der Waals surface area contributed by atoms with Crippen LogP contribution in [0.15, 0.2) is 41.5 Å². The summed E-state index contributed by atoms with van der Waals surface area (Å²) in [6, 6.07) is 8.14. The number of nitrogens with zero attached hydrogens (tertiary/aromatic N) is 3. The summed E-state index contributed by atoms with van der Waals surface area (Å²) in [5.41, 5.74) is 4.66. The van der Waals surface area contributed by atoms with Crippen LogP contribution in [0.4, 0.5) is 5.95 Å². The molecule has 2 aromatic heterocycles. The second kappa shape index (κ2) is 14.3. The first kappa shape index (κ1) is 35.5. The van der Waals surface area contributed by atoms with Crippen molar-refractivity contribution in [2.24, 2.45) is 0 Å². The fourth-order valence-corrected chi connectivity index (χ4v) is 7.36. The van der Waals surface area contributed by atoms with Crippen molar-refractivity contribution in [3.05, 3.63) is 47.0 Å². The van der Waals surface area contributed by atoms with E-state index in [9.17, 15) is 49.2 Å². The summed E-state index contributed by atoms with van der Waals surface area (Å²) in [5, 5.41) is 51.3. The van der Waals surface area contributed by atoms with E-state index in [0.29, 0.717) is 0 Å². The normalized spacial score (nSPS) is 32.2. The van der Waals surface area contributed by atoms with Gasteiger partial charge in [0.15, 0.2) is 17.4 Å². The number of phosphoric ester groups is 1. The number of anilines is 1. The molecule has 0 spiro atoms. The van der Waals surface area contributed by atoms with Crippen molar-refractivity contribution in [2.45, 2.75) is 55.2 Å². The number of para-hydroxylation sites is 1. The lowest BCUT2D eigenvalue weighted by Gasteiger charge is -2.41. The first-order valence-corrected chi connectivity index (χ1v) is 17.2. The average molecular weight is 709 g/mol. The van der Waals surface area contributed by atoms with Crippen LogP contribution in [-0.2, 0) is 32.2 Å². The molecule has 7 unspecified atom stereocenters. The van der Waals surface area contributed by atoms with Crippen LogP contribution < -0.4 is 16.0 Å². The molecule has 0 aliphatic carbocycles. The summed E-state index contributed by atoms with van der Waals surface area (Å²) in [4.78, 5) is 42.5. The van der Waals surface area contributed by atoms with Gasteiger partial charge in [-0.2, -0.15) is 4.98 Å².